The van der Waals surface area contributed by atoms with Crippen LogP contribution in [0, 0.1) is 0 Å². The highest BCUT2D eigenvalue weighted by Gasteiger charge is 2.21. The SMILES string of the molecule is O=C(Nc1n[nH]c(-c2ccccn2)n1)c1ccc(NC2CC2)nc1.[HH].[HH].[HH]. The molecule has 1 aliphatic rings. The van der Waals surface area contributed by atoms with Gasteiger partial charge in [-0.25, -0.2) is 4.98 Å². The minimum absolute atomic E-state index is 0. The molecule has 1 saturated carbocycles. The normalized spacial score (nSPS) is 13.5. The predicted octanol–water partition coefficient (Wildman–Crippen LogP) is 2.83. The zero-order valence-corrected chi connectivity index (χ0v) is 12.7. The van der Waals surface area contributed by atoms with Crippen molar-refractivity contribution in [2.45, 2.75) is 18.9 Å². The van der Waals surface area contributed by atoms with E-state index in [1.54, 1.807) is 18.3 Å². The summed E-state index contributed by atoms with van der Waals surface area (Å²) in [6, 6.07) is 9.52. The minimum Gasteiger partial charge on any atom is -0.367 e. The Labute approximate surface area is 142 Å². The molecule has 0 bridgehead atoms. The van der Waals surface area contributed by atoms with Crippen LogP contribution in [0.3, 0.4) is 0 Å². The van der Waals surface area contributed by atoms with E-state index in [1.165, 1.54) is 19.0 Å². The molecule has 24 heavy (non-hydrogen) atoms. The first-order valence-corrected chi connectivity index (χ1v) is 7.66. The topological polar surface area (TPSA) is 108 Å². The third-order valence-electron chi connectivity index (χ3n) is 3.57. The number of hydrogen-bond acceptors (Lipinski definition) is 6. The molecule has 4 rings (SSSR count). The number of hydrogen-bond donors (Lipinski definition) is 3. The molecule has 3 heterocycles. The smallest absolute Gasteiger partial charge is 0.259 e. The van der Waals surface area contributed by atoms with Gasteiger partial charge in [-0.2, -0.15) is 4.98 Å². The van der Waals surface area contributed by atoms with Crippen LogP contribution >= 0.6 is 0 Å². The van der Waals surface area contributed by atoms with Crippen LogP contribution < -0.4 is 10.6 Å². The average molecular weight is 327 g/mol. The number of aromatic nitrogens is 5. The van der Waals surface area contributed by atoms with Gasteiger partial charge >= 0.3 is 0 Å². The number of pyridine rings is 2. The van der Waals surface area contributed by atoms with Gasteiger partial charge in [-0.1, -0.05) is 6.07 Å². The molecule has 0 aromatic carbocycles. The zero-order chi connectivity index (χ0) is 16.4. The quantitative estimate of drug-likeness (QED) is 0.665. The molecule has 3 aromatic heterocycles. The van der Waals surface area contributed by atoms with Crippen molar-refractivity contribution in [1.29, 1.82) is 0 Å². The monoisotopic (exact) mass is 327 g/mol. The number of anilines is 2. The van der Waals surface area contributed by atoms with Crippen LogP contribution in [0.1, 0.15) is 27.5 Å². The highest BCUT2D eigenvalue weighted by Crippen LogP contribution is 2.23. The second kappa shape index (κ2) is 6.07. The fourth-order valence-corrected chi connectivity index (χ4v) is 2.16. The van der Waals surface area contributed by atoms with Crippen molar-refractivity contribution in [1.82, 2.24) is 25.1 Å². The van der Waals surface area contributed by atoms with Gasteiger partial charge in [0.05, 0.1) is 5.56 Å². The highest BCUT2D eigenvalue weighted by atomic mass is 16.1. The number of amides is 1. The van der Waals surface area contributed by atoms with E-state index < -0.39 is 0 Å². The van der Waals surface area contributed by atoms with Crippen LogP contribution in [0.15, 0.2) is 42.7 Å². The van der Waals surface area contributed by atoms with E-state index in [4.69, 9.17) is 0 Å². The molecule has 1 aliphatic carbocycles. The molecule has 8 nitrogen and oxygen atoms in total. The Morgan fingerprint density at radius 2 is 2.12 bits per heavy atom. The van der Waals surface area contributed by atoms with Crippen molar-refractivity contribution < 1.29 is 9.07 Å². The Kier molecular flexibility index (Phi) is 3.62. The molecule has 0 unspecified atom stereocenters. The van der Waals surface area contributed by atoms with Gasteiger partial charge in [0.1, 0.15) is 11.5 Å². The van der Waals surface area contributed by atoms with E-state index >= 15 is 0 Å². The van der Waals surface area contributed by atoms with Gasteiger partial charge in [0.15, 0.2) is 5.82 Å². The molecule has 0 saturated heterocycles. The van der Waals surface area contributed by atoms with Crippen molar-refractivity contribution in [2.75, 3.05) is 10.6 Å². The third-order valence-corrected chi connectivity index (χ3v) is 3.57. The van der Waals surface area contributed by atoms with Gasteiger partial charge in [-0.15, -0.1) is 5.10 Å². The number of rotatable bonds is 5. The van der Waals surface area contributed by atoms with Crippen molar-refractivity contribution in [2.24, 2.45) is 0 Å². The van der Waals surface area contributed by atoms with Crippen LogP contribution in [0.25, 0.3) is 11.5 Å². The van der Waals surface area contributed by atoms with Crippen molar-refractivity contribution in [3.05, 3.63) is 48.3 Å². The summed E-state index contributed by atoms with van der Waals surface area (Å²) in [7, 11) is 0. The summed E-state index contributed by atoms with van der Waals surface area (Å²) >= 11 is 0. The molecular weight excluding hydrogens is 306 g/mol. The van der Waals surface area contributed by atoms with E-state index in [9.17, 15) is 4.79 Å². The van der Waals surface area contributed by atoms with Gasteiger partial charge in [-0.05, 0) is 37.1 Å². The minimum atomic E-state index is -0.313. The molecule has 0 atom stereocenters. The summed E-state index contributed by atoms with van der Waals surface area (Å²) in [5.41, 5.74) is 1.10. The number of nitrogens with zero attached hydrogens (tertiary/aromatic N) is 4. The summed E-state index contributed by atoms with van der Waals surface area (Å²) in [6.45, 7) is 0. The summed E-state index contributed by atoms with van der Waals surface area (Å²) in [5.74, 6) is 1.16. The molecule has 8 heteroatoms. The molecule has 126 valence electrons. The van der Waals surface area contributed by atoms with Gasteiger partial charge in [-0.3, -0.25) is 20.2 Å². The Balaban J connectivity index is 0.00000121. The first-order valence-electron chi connectivity index (χ1n) is 7.66. The maximum Gasteiger partial charge on any atom is 0.259 e. The second-order valence-corrected chi connectivity index (χ2v) is 5.53. The third kappa shape index (κ3) is 3.22. The van der Waals surface area contributed by atoms with E-state index in [2.05, 4.69) is 35.8 Å². The maximum absolute atomic E-state index is 12.2. The largest absolute Gasteiger partial charge is 0.367 e. The lowest BCUT2D eigenvalue weighted by atomic mass is 10.2. The molecular formula is C16H21N7O. The van der Waals surface area contributed by atoms with Gasteiger partial charge in [0.2, 0.25) is 5.95 Å². The number of H-pyrrole nitrogens is 1. The fraction of sp³-hybridized carbons (Fsp3) is 0.188. The second-order valence-electron chi connectivity index (χ2n) is 5.53. The fourth-order valence-electron chi connectivity index (χ4n) is 2.16. The van der Waals surface area contributed by atoms with E-state index in [0.717, 1.165) is 5.82 Å². The van der Waals surface area contributed by atoms with Crippen LogP contribution in [0.4, 0.5) is 11.8 Å². The molecule has 0 radical (unpaired) electrons. The summed E-state index contributed by atoms with van der Waals surface area (Å²) < 4.78 is 0. The summed E-state index contributed by atoms with van der Waals surface area (Å²) in [5, 5.41) is 12.6. The molecule has 3 N–H and O–H groups in total. The van der Waals surface area contributed by atoms with Crippen molar-refractivity contribution in [3.63, 3.8) is 0 Å². The Morgan fingerprint density at radius 3 is 2.83 bits per heavy atom. The lowest BCUT2D eigenvalue weighted by Gasteiger charge is -2.04. The molecule has 1 fully saturated rings. The maximum atomic E-state index is 12.2. The van der Waals surface area contributed by atoms with Crippen LogP contribution in [0.5, 0.6) is 0 Å². The molecule has 0 spiro atoms. The van der Waals surface area contributed by atoms with Crippen molar-refractivity contribution in [3.8, 4) is 11.5 Å². The van der Waals surface area contributed by atoms with E-state index in [-0.39, 0.29) is 16.1 Å². The number of aromatic amines is 1. The molecule has 0 aliphatic heterocycles. The van der Waals surface area contributed by atoms with Crippen LogP contribution in [0.2, 0.25) is 0 Å². The zero-order valence-electron chi connectivity index (χ0n) is 12.7. The lowest BCUT2D eigenvalue weighted by Crippen LogP contribution is -2.13. The summed E-state index contributed by atoms with van der Waals surface area (Å²) in [4.78, 5) is 24.9. The van der Waals surface area contributed by atoms with Gasteiger partial charge in [0, 0.05) is 22.7 Å². The average Bonchev–Trinajstić information content (AvgIpc) is 3.31. The van der Waals surface area contributed by atoms with Crippen molar-refractivity contribution >= 4 is 17.7 Å². The van der Waals surface area contributed by atoms with Gasteiger partial charge < -0.3 is 5.32 Å². The highest BCUT2D eigenvalue weighted by molar-refractivity contribution is 6.03. The Hall–Kier alpha value is -3.29. The predicted molar refractivity (Wildman–Crippen MR) is 94.8 cm³/mol. The number of carbonyl (C=O) groups excluding carboxylic acids is 1. The van der Waals surface area contributed by atoms with Crippen LogP contribution in [-0.2, 0) is 0 Å². The van der Waals surface area contributed by atoms with E-state index in [0.29, 0.717) is 23.1 Å². The Bertz CT molecular complexity index is 854. The first-order chi connectivity index (χ1) is 11.8. The summed E-state index contributed by atoms with van der Waals surface area (Å²) in [6.07, 6.45) is 5.55. The first kappa shape index (κ1) is 14.3. The van der Waals surface area contributed by atoms with Crippen LogP contribution in [-0.4, -0.2) is 37.1 Å². The standard InChI is InChI=1S/C16H15N7O.3H2/c24-15(10-4-7-13(18-9-10)19-11-5-6-11)21-16-20-14(22-23-16)12-3-1-2-8-17-12;;;/h1-4,7-9,11H,5-6H2,(H,18,19)(H2,20,21,22,23,24);3*1H. The Morgan fingerprint density at radius 1 is 1.21 bits per heavy atom. The molecule has 3 aromatic rings. The lowest BCUT2D eigenvalue weighted by molar-refractivity contribution is 0.102. The number of nitrogens with one attached hydrogen (secondary N) is 3. The molecule has 1 amide bonds. The van der Waals surface area contributed by atoms with Gasteiger partial charge in [0.25, 0.3) is 5.91 Å². The number of carbonyl (C=O) groups is 1. The van der Waals surface area contributed by atoms with E-state index in [1.807, 2.05) is 18.2 Å².